The molecule has 0 saturated heterocycles. The molecule has 1 heterocycles. The highest BCUT2D eigenvalue weighted by atomic mass is 35.5. The van der Waals surface area contributed by atoms with Gasteiger partial charge in [-0.05, 0) is 24.5 Å². The van der Waals surface area contributed by atoms with Gasteiger partial charge in [-0.25, -0.2) is 4.98 Å². The Hall–Kier alpha value is -1.17. The van der Waals surface area contributed by atoms with Crippen molar-refractivity contribution in [1.29, 1.82) is 0 Å². The Labute approximate surface area is 118 Å². The lowest BCUT2D eigenvalue weighted by atomic mass is 10.3. The van der Waals surface area contributed by atoms with Crippen molar-refractivity contribution in [2.45, 2.75) is 5.16 Å². The predicted octanol–water partition coefficient (Wildman–Crippen LogP) is 3.88. The van der Waals surface area contributed by atoms with E-state index in [0.29, 0.717) is 32.6 Å². The molecular formula is C11H9Cl2N3OS. The van der Waals surface area contributed by atoms with Gasteiger partial charge in [-0.15, -0.1) is 0 Å². The van der Waals surface area contributed by atoms with Gasteiger partial charge in [0.1, 0.15) is 11.6 Å². The summed E-state index contributed by atoms with van der Waals surface area (Å²) in [5.74, 6) is 1.19. The molecule has 0 radical (unpaired) electrons. The van der Waals surface area contributed by atoms with Crippen molar-refractivity contribution in [3.05, 3.63) is 34.3 Å². The maximum atomic E-state index is 5.88. The third kappa shape index (κ3) is 3.41. The van der Waals surface area contributed by atoms with Crippen LogP contribution in [-0.4, -0.2) is 16.2 Å². The fourth-order valence-corrected chi connectivity index (χ4v) is 2.16. The van der Waals surface area contributed by atoms with Gasteiger partial charge in [0.05, 0.1) is 0 Å². The molecule has 0 spiro atoms. The summed E-state index contributed by atoms with van der Waals surface area (Å²) in [6, 6.07) is 6.45. The lowest BCUT2D eigenvalue weighted by Gasteiger charge is -2.07. The summed E-state index contributed by atoms with van der Waals surface area (Å²) >= 11 is 13.1. The van der Waals surface area contributed by atoms with Crippen molar-refractivity contribution in [3.63, 3.8) is 0 Å². The summed E-state index contributed by atoms with van der Waals surface area (Å²) in [4.78, 5) is 8.20. The van der Waals surface area contributed by atoms with Gasteiger partial charge in [0.15, 0.2) is 5.16 Å². The fourth-order valence-electron chi connectivity index (χ4n) is 1.27. The lowest BCUT2D eigenvalue weighted by Crippen LogP contribution is -1.97. The third-order valence-electron chi connectivity index (χ3n) is 1.94. The van der Waals surface area contributed by atoms with Gasteiger partial charge in [-0.1, -0.05) is 35.0 Å². The average Bonchev–Trinajstić information content (AvgIpc) is 2.26. The highest BCUT2D eigenvalue weighted by molar-refractivity contribution is 7.98. The molecule has 4 nitrogen and oxygen atoms in total. The number of thioether (sulfide) groups is 1. The van der Waals surface area contributed by atoms with E-state index in [1.165, 1.54) is 17.8 Å². The van der Waals surface area contributed by atoms with Crippen LogP contribution >= 0.6 is 35.0 Å². The molecule has 0 fully saturated rings. The Bertz CT molecular complexity index is 560. The van der Waals surface area contributed by atoms with Crippen LogP contribution in [0.5, 0.6) is 11.6 Å². The van der Waals surface area contributed by atoms with E-state index in [9.17, 15) is 0 Å². The van der Waals surface area contributed by atoms with E-state index >= 15 is 0 Å². The van der Waals surface area contributed by atoms with Crippen LogP contribution in [0.3, 0.4) is 0 Å². The van der Waals surface area contributed by atoms with E-state index in [1.807, 2.05) is 6.26 Å². The van der Waals surface area contributed by atoms with Gasteiger partial charge in [0.25, 0.3) is 0 Å². The monoisotopic (exact) mass is 301 g/mol. The van der Waals surface area contributed by atoms with E-state index in [2.05, 4.69) is 9.97 Å². The largest absolute Gasteiger partial charge is 0.439 e. The smallest absolute Gasteiger partial charge is 0.225 e. The van der Waals surface area contributed by atoms with Crippen molar-refractivity contribution in [1.82, 2.24) is 9.97 Å². The minimum Gasteiger partial charge on any atom is -0.439 e. The van der Waals surface area contributed by atoms with E-state index in [1.54, 1.807) is 18.2 Å². The van der Waals surface area contributed by atoms with E-state index in [-0.39, 0.29) is 0 Å². The number of ether oxygens (including phenoxy) is 1. The number of nitrogens with zero attached hydrogens (tertiary/aromatic N) is 2. The summed E-state index contributed by atoms with van der Waals surface area (Å²) in [6.45, 7) is 0. The van der Waals surface area contributed by atoms with Crippen LogP contribution in [0.25, 0.3) is 0 Å². The second-order valence-corrected chi connectivity index (χ2v) is 4.97. The maximum absolute atomic E-state index is 5.88. The zero-order valence-electron chi connectivity index (χ0n) is 9.35. The first-order valence-electron chi connectivity index (χ1n) is 4.89. The molecule has 0 amide bonds. The molecule has 1 aromatic heterocycles. The van der Waals surface area contributed by atoms with Crippen LogP contribution in [0.4, 0.5) is 5.82 Å². The Kier molecular flexibility index (Phi) is 4.16. The third-order valence-corrected chi connectivity index (χ3v) is 2.93. The van der Waals surface area contributed by atoms with Crippen LogP contribution in [0.1, 0.15) is 0 Å². The number of halogens is 2. The minimum atomic E-state index is 0.345. The summed E-state index contributed by atoms with van der Waals surface area (Å²) in [5, 5.41) is 1.52. The molecule has 2 aromatic rings. The topological polar surface area (TPSA) is 61.0 Å². The van der Waals surface area contributed by atoms with Crippen LogP contribution < -0.4 is 10.5 Å². The zero-order chi connectivity index (χ0) is 13.1. The maximum Gasteiger partial charge on any atom is 0.225 e. The molecule has 0 aliphatic heterocycles. The molecule has 0 atom stereocenters. The average molecular weight is 302 g/mol. The Balaban J connectivity index is 2.30. The molecular weight excluding hydrogens is 293 g/mol. The highest BCUT2D eigenvalue weighted by Crippen LogP contribution is 2.28. The number of nitrogens with two attached hydrogens (primary N) is 1. The highest BCUT2D eigenvalue weighted by Gasteiger charge is 2.06. The molecule has 2 rings (SSSR count). The zero-order valence-corrected chi connectivity index (χ0v) is 11.7. The van der Waals surface area contributed by atoms with E-state index in [0.717, 1.165) is 0 Å². The second-order valence-electron chi connectivity index (χ2n) is 3.32. The summed E-state index contributed by atoms with van der Waals surface area (Å²) < 4.78 is 5.55. The standard InChI is InChI=1S/C11H9Cl2N3OS/c1-18-11-15-9(14)5-10(16-11)17-8-3-6(12)2-7(13)4-8/h2-5H,1H3,(H2,14,15,16). The summed E-state index contributed by atoms with van der Waals surface area (Å²) in [6.07, 6.45) is 1.86. The minimum absolute atomic E-state index is 0.345. The molecule has 0 unspecified atom stereocenters. The first-order chi connectivity index (χ1) is 8.56. The van der Waals surface area contributed by atoms with E-state index < -0.39 is 0 Å². The van der Waals surface area contributed by atoms with Gasteiger partial charge in [0, 0.05) is 16.1 Å². The molecule has 2 N–H and O–H groups in total. The van der Waals surface area contributed by atoms with Crippen LogP contribution in [-0.2, 0) is 0 Å². The quantitative estimate of drug-likeness (QED) is 0.688. The second kappa shape index (κ2) is 5.65. The number of hydrogen-bond donors (Lipinski definition) is 1. The predicted molar refractivity (Wildman–Crippen MR) is 74.8 cm³/mol. The normalized spacial score (nSPS) is 10.4. The van der Waals surface area contributed by atoms with Gasteiger partial charge in [-0.3, -0.25) is 0 Å². The molecule has 0 aliphatic carbocycles. The Morgan fingerprint density at radius 1 is 1.11 bits per heavy atom. The van der Waals surface area contributed by atoms with Crippen molar-refractivity contribution in [3.8, 4) is 11.6 Å². The van der Waals surface area contributed by atoms with Crippen molar-refractivity contribution in [2.24, 2.45) is 0 Å². The Morgan fingerprint density at radius 2 is 1.78 bits per heavy atom. The van der Waals surface area contributed by atoms with Crippen molar-refractivity contribution < 1.29 is 4.74 Å². The van der Waals surface area contributed by atoms with E-state index in [4.69, 9.17) is 33.7 Å². The molecule has 0 bridgehead atoms. The van der Waals surface area contributed by atoms with Gasteiger partial charge < -0.3 is 10.5 Å². The number of anilines is 1. The molecule has 94 valence electrons. The number of nitrogen functional groups attached to an aromatic ring is 1. The Morgan fingerprint density at radius 3 is 2.39 bits per heavy atom. The fraction of sp³-hybridized carbons (Fsp3) is 0.0909. The van der Waals surface area contributed by atoms with Crippen LogP contribution in [0.2, 0.25) is 10.0 Å². The number of benzene rings is 1. The van der Waals surface area contributed by atoms with Gasteiger partial charge in [-0.2, -0.15) is 4.98 Å². The van der Waals surface area contributed by atoms with Crippen molar-refractivity contribution in [2.75, 3.05) is 12.0 Å². The number of hydrogen-bond acceptors (Lipinski definition) is 5. The first-order valence-corrected chi connectivity index (χ1v) is 6.87. The number of aromatic nitrogens is 2. The molecule has 0 saturated carbocycles. The molecule has 7 heteroatoms. The molecule has 0 aliphatic rings. The van der Waals surface area contributed by atoms with Crippen LogP contribution in [0.15, 0.2) is 29.4 Å². The molecule has 1 aromatic carbocycles. The van der Waals surface area contributed by atoms with Gasteiger partial charge >= 0.3 is 0 Å². The lowest BCUT2D eigenvalue weighted by molar-refractivity contribution is 0.456. The summed E-state index contributed by atoms with van der Waals surface area (Å²) in [5.41, 5.74) is 5.65. The van der Waals surface area contributed by atoms with Crippen LogP contribution in [0, 0.1) is 0 Å². The SMILES string of the molecule is CSc1nc(N)cc(Oc2cc(Cl)cc(Cl)c2)n1. The molecule has 18 heavy (non-hydrogen) atoms. The first kappa shape index (κ1) is 13.3. The van der Waals surface area contributed by atoms with Crippen molar-refractivity contribution >= 4 is 40.8 Å². The number of rotatable bonds is 3. The summed E-state index contributed by atoms with van der Waals surface area (Å²) in [7, 11) is 0. The van der Waals surface area contributed by atoms with Gasteiger partial charge in [0.2, 0.25) is 5.88 Å².